The Labute approximate surface area is 219 Å². The summed E-state index contributed by atoms with van der Waals surface area (Å²) in [6, 6.07) is -1.47. The first kappa shape index (κ1) is 33.6. The molecule has 0 heterocycles. The number of allylic oxidation sites excluding steroid dienone is 2. The minimum atomic E-state index is -1.38. The van der Waals surface area contributed by atoms with E-state index in [0.29, 0.717) is 13.0 Å². The van der Waals surface area contributed by atoms with E-state index in [1.165, 1.54) is 0 Å². The van der Waals surface area contributed by atoms with Crippen molar-refractivity contribution in [3.8, 4) is 0 Å². The minimum absolute atomic E-state index is 0. The molecule has 3 amide bonds. The molecule has 0 radical (unpaired) electrons. The summed E-state index contributed by atoms with van der Waals surface area (Å²) in [5.74, 6) is -3.03. The molecule has 5 N–H and O–H groups in total. The van der Waals surface area contributed by atoms with Gasteiger partial charge in [-0.15, -0.1) is 0 Å². The van der Waals surface area contributed by atoms with Crippen molar-refractivity contribution in [1.29, 1.82) is 0 Å². The fraction of sp³-hybridized carbons (Fsp3) is 0.739. The zero-order valence-corrected chi connectivity index (χ0v) is 22.4. The fourth-order valence-corrected chi connectivity index (χ4v) is 3.01. The van der Waals surface area contributed by atoms with Gasteiger partial charge < -0.3 is 26.2 Å². The summed E-state index contributed by atoms with van der Waals surface area (Å²) in [4.78, 5) is 44.8. The van der Waals surface area contributed by atoms with Crippen LogP contribution in [0.1, 0.15) is 90.4 Å². The third kappa shape index (κ3) is 23.4. The van der Waals surface area contributed by atoms with Crippen molar-refractivity contribution < 1.29 is 58.9 Å². The Kier molecular flexibility index (Phi) is 24.0. The van der Waals surface area contributed by atoms with Gasteiger partial charge in [-0.3, -0.25) is 9.59 Å². The van der Waals surface area contributed by atoms with Gasteiger partial charge in [0.15, 0.2) is 0 Å². The molecule has 10 heteroatoms. The fourth-order valence-electron chi connectivity index (χ4n) is 3.01. The van der Waals surface area contributed by atoms with E-state index in [1.807, 2.05) is 0 Å². The number of nitrogens with one attached hydrogen (secondary N) is 3. The van der Waals surface area contributed by atoms with Crippen LogP contribution in [0.15, 0.2) is 12.2 Å². The number of amides is 3. The Morgan fingerprint density at radius 3 is 1.88 bits per heavy atom. The molecular formula is C23H41N3NaO6+. The molecule has 184 valence electrons. The monoisotopic (exact) mass is 478 g/mol. The molecular weight excluding hydrogens is 437 g/mol. The van der Waals surface area contributed by atoms with Crippen LogP contribution in [-0.2, 0) is 14.4 Å². The van der Waals surface area contributed by atoms with Crippen molar-refractivity contribution in [2.24, 2.45) is 0 Å². The van der Waals surface area contributed by atoms with E-state index in [-0.39, 0.29) is 42.0 Å². The number of hydrogen-bond donors (Lipinski definition) is 5. The van der Waals surface area contributed by atoms with Gasteiger partial charge in [-0.05, 0) is 44.9 Å². The van der Waals surface area contributed by atoms with Gasteiger partial charge in [0.1, 0.15) is 6.04 Å². The van der Waals surface area contributed by atoms with Crippen molar-refractivity contribution in [2.45, 2.75) is 96.4 Å². The second-order valence-electron chi connectivity index (χ2n) is 7.87. The van der Waals surface area contributed by atoms with Gasteiger partial charge in [-0.2, -0.15) is 0 Å². The van der Waals surface area contributed by atoms with Gasteiger partial charge >= 0.3 is 47.5 Å². The van der Waals surface area contributed by atoms with Crippen LogP contribution >= 0.6 is 0 Å². The number of carboxylic acid groups (broad SMARTS) is 2. The molecule has 0 aromatic carbocycles. The van der Waals surface area contributed by atoms with Crippen LogP contribution in [0.2, 0.25) is 0 Å². The topological polar surface area (TPSA) is 145 Å². The molecule has 1 atom stereocenters. The predicted octanol–water partition coefficient (Wildman–Crippen LogP) is 0.591. The maximum absolute atomic E-state index is 11.7. The van der Waals surface area contributed by atoms with Crippen LogP contribution in [-0.4, -0.2) is 53.2 Å². The number of rotatable bonds is 20. The molecule has 0 aromatic heterocycles. The summed E-state index contributed by atoms with van der Waals surface area (Å²) in [5.41, 5.74) is 0. The van der Waals surface area contributed by atoms with E-state index >= 15 is 0 Å². The predicted molar refractivity (Wildman–Crippen MR) is 123 cm³/mol. The number of hydrogen-bond acceptors (Lipinski definition) is 4. The van der Waals surface area contributed by atoms with Gasteiger partial charge in [0.2, 0.25) is 5.91 Å². The molecule has 33 heavy (non-hydrogen) atoms. The smallest absolute Gasteiger partial charge is 0.481 e. The Balaban J connectivity index is 0. The standard InChI is InChI=1S/C23H41N3O6.Na/c1-2-3-13-16-24-23(32)25-17-14-11-9-7-5-4-6-8-10-12-15-20(27)26-19(22(30)31)18-21(28)29;/h5,7,19H,2-4,6,8-18H2,1H3,(H,26,27)(H,28,29)(H,30,31)(H2,24,25,32);/q;+1/b7-5-;/t19-;/m0./s1. The average Bonchev–Trinajstić information content (AvgIpc) is 2.73. The largest absolute Gasteiger partial charge is 1.00 e. The Hall–Kier alpha value is -1.58. The molecule has 0 bridgehead atoms. The van der Waals surface area contributed by atoms with Crippen molar-refractivity contribution in [2.75, 3.05) is 13.1 Å². The summed E-state index contributed by atoms with van der Waals surface area (Å²) < 4.78 is 0. The quantitative estimate of drug-likeness (QED) is 0.0984. The molecule has 0 saturated carbocycles. The Morgan fingerprint density at radius 2 is 1.33 bits per heavy atom. The first-order valence-electron chi connectivity index (χ1n) is 11.8. The third-order valence-electron chi connectivity index (χ3n) is 4.85. The van der Waals surface area contributed by atoms with Crippen LogP contribution in [0.25, 0.3) is 0 Å². The SMILES string of the molecule is CCCCCNC(=O)NCCCC/C=C\CCCCCCC(=O)N[C@@H](CC(=O)O)C(=O)O.[Na+]. The van der Waals surface area contributed by atoms with Gasteiger partial charge in [-0.1, -0.05) is 44.8 Å². The Bertz CT molecular complexity index is 587. The molecule has 0 spiro atoms. The average molecular weight is 479 g/mol. The van der Waals surface area contributed by atoms with Gasteiger partial charge in [0.25, 0.3) is 0 Å². The normalized spacial score (nSPS) is 11.4. The molecule has 0 aliphatic heterocycles. The van der Waals surface area contributed by atoms with E-state index in [9.17, 15) is 19.2 Å². The molecule has 0 aromatic rings. The summed E-state index contributed by atoms with van der Waals surface area (Å²) in [7, 11) is 0. The summed E-state index contributed by atoms with van der Waals surface area (Å²) in [5, 5.41) is 25.5. The number of urea groups is 1. The van der Waals surface area contributed by atoms with E-state index < -0.39 is 30.3 Å². The molecule has 0 unspecified atom stereocenters. The summed E-state index contributed by atoms with van der Waals surface area (Å²) in [6.07, 6.45) is 14.6. The first-order chi connectivity index (χ1) is 15.4. The second kappa shape index (κ2) is 23.6. The molecule has 9 nitrogen and oxygen atoms in total. The van der Waals surface area contributed by atoms with E-state index in [0.717, 1.165) is 70.8 Å². The molecule has 0 saturated heterocycles. The molecule has 0 aliphatic carbocycles. The maximum Gasteiger partial charge on any atom is 1.00 e. The number of carboxylic acids is 2. The number of aliphatic carboxylic acids is 2. The van der Waals surface area contributed by atoms with E-state index in [1.54, 1.807) is 0 Å². The number of unbranched alkanes of at least 4 members (excludes halogenated alkanes) is 8. The van der Waals surface area contributed by atoms with Crippen molar-refractivity contribution in [3.63, 3.8) is 0 Å². The zero-order chi connectivity index (χ0) is 24.0. The van der Waals surface area contributed by atoms with Crippen LogP contribution in [0, 0.1) is 0 Å². The van der Waals surface area contributed by atoms with Crippen molar-refractivity contribution in [1.82, 2.24) is 16.0 Å². The number of carbonyl (C=O) groups excluding carboxylic acids is 2. The van der Waals surface area contributed by atoms with Crippen LogP contribution in [0.4, 0.5) is 4.79 Å². The van der Waals surface area contributed by atoms with Crippen LogP contribution in [0.3, 0.4) is 0 Å². The van der Waals surface area contributed by atoms with Crippen molar-refractivity contribution >= 4 is 23.9 Å². The van der Waals surface area contributed by atoms with Crippen LogP contribution in [0.5, 0.6) is 0 Å². The van der Waals surface area contributed by atoms with Gasteiger partial charge in [-0.25, -0.2) is 9.59 Å². The minimum Gasteiger partial charge on any atom is -0.481 e. The van der Waals surface area contributed by atoms with Gasteiger partial charge in [0, 0.05) is 19.5 Å². The molecule has 0 aliphatic rings. The summed E-state index contributed by atoms with van der Waals surface area (Å²) in [6.45, 7) is 3.55. The van der Waals surface area contributed by atoms with E-state index in [2.05, 4.69) is 35.0 Å². The zero-order valence-electron chi connectivity index (χ0n) is 20.4. The molecule has 0 fully saturated rings. The van der Waals surface area contributed by atoms with Gasteiger partial charge in [0.05, 0.1) is 6.42 Å². The Morgan fingerprint density at radius 1 is 0.788 bits per heavy atom. The summed E-state index contributed by atoms with van der Waals surface area (Å²) >= 11 is 0. The third-order valence-corrected chi connectivity index (χ3v) is 4.85. The number of carbonyl (C=O) groups is 4. The molecule has 0 rings (SSSR count). The van der Waals surface area contributed by atoms with Crippen LogP contribution < -0.4 is 45.5 Å². The van der Waals surface area contributed by atoms with Crippen molar-refractivity contribution in [3.05, 3.63) is 12.2 Å². The second-order valence-corrected chi connectivity index (χ2v) is 7.87. The first-order valence-corrected chi connectivity index (χ1v) is 11.8. The maximum atomic E-state index is 11.7. The van der Waals surface area contributed by atoms with E-state index in [4.69, 9.17) is 10.2 Å².